The van der Waals surface area contributed by atoms with Crippen LogP contribution in [-0.2, 0) is 9.59 Å². The van der Waals surface area contributed by atoms with Gasteiger partial charge in [0.25, 0.3) is 5.91 Å². The van der Waals surface area contributed by atoms with Crippen molar-refractivity contribution < 1.29 is 9.59 Å². The van der Waals surface area contributed by atoms with Crippen LogP contribution in [0.4, 0.5) is 5.69 Å². The summed E-state index contributed by atoms with van der Waals surface area (Å²) in [5, 5.41) is 2.82. The second kappa shape index (κ2) is 5.32. The quantitative estimate of drug-likeness (QED) is 0.808. The first kappa shape index (κ1) is 13.2. The van der Waals surface area contributed by atoms with Crippen LogP contribution < -0.4 is 5.32 Å². The molecule has 1 fully saturated rings. The maximum Gasteiger partial charge on any atom is 0.262 e. The molecule has 20 heavy (non-hydrogen) atoms. The first-order valence-corrected chi connectivity index (χ1v) is 7.57. The monoisotopic (exact) mass is 288 g/mol. The molecule has 3 rings (SSSR count). The molecule has 1 aromatic rings. The van der Waals surface area contributed by atoms with Crippen molar-refractivity contribution in [1.82, 2.24) is 4.90 Å². The molecule has 0 aromatic heterocycles. The number of thioether (sulfide) groups is 1. The lowest BCUT2D eigenvalue weighted by Crippen LogP contribution is -2.33. The van der Waals surface area contributed by atoms with Gasteiger partial charge >= 0.3 is 0 Å². The van der Waals surface area contributed by atoms with E-state index in [0.29, 0.717) is 4.91 Å². The Morgan fingerprint density at radius 1 is 1.45 bits per heavy atom. The minimum atomic E-state index is -0.200. The molecule has 2 heterocycles. The molecular formula is C15H16N2O2S. The predicted molar refractivity (Wildman–Crippen MR) is 79.4 cm³/mol. The third-order valence-corrected chi connectivity index (χ3v) is 4.77. The fourth-order valence-corrected chi connectivity index (χ4v) is 3.47. The zero-order valence-corrected chi connectivity index (χ0v) is 12.1. The molecule has 1 saturated heterocycles. The Morgan fingerprint density at radius 2 is 2.25 bits per heavy atom. The van der Waals surface area contributed by atoms with Crippen LogP contribution in [0.3, 0.4) is 0 Å². The Hall–Kier alpha value is -1.75. The molecule has 0 radical (unpaired) electrons. The highest BCUT2D eigenvalue weighted by Crippen LogP contribution is 2.37. The number of hydrogen-bond acceptors (Lipinski definition) is 3. The van der Waals surface area contributed by atoms with Crippen LogP contribution in [-0.4, -0.2) is 29.3 Å². The lowest BCUT2D eigenvalue weighted by atomic mass is 10.2. The van der Waals surface area contributed by atoms with Gasteiger partial charge in [-0.3, -0.25) is 9.59 Å². The Balaban J connectivity index is 1.82. The van der Waals surface area contributed by atoms with Crippen molar-refractivity contribution in [2.75, 3.05) is 11.9 Å². The van der Waals surface area contributed by atoms with Crippen molar-refractivity contribution >= 4 is 29.3 Å². The van der Waals surface area contributed by atoms with Gasteiger partial charge in [0.05, 0.1) is 10.6 Å². The van der Waals surface area contributed by atoms with Crippen molar-refractivity contribution in [3.8, 4) is 0 Å². The van der Waals surface area contributed by atoms with Crippen molar-refractivity contribution in [2.24, 2.45) is 0 Å². The number of nitrogens with one attached hydrogen (secondary N) is 1. The first-order chi connectivity index (χ1) is 9.65. The average molecular weight is 288 g/mol. The second-order valence-electron chi connectivity index (χ2n) is 5.08. The molecule has 104 valence electrons. The fourth-order valence-electron chi connectivity index (χ4n) is 2.56. The summed E-state index contributed by atoms with van der Waals surface area (Å²) in [5.74, 6) is -0.263. The summed E-state index contributed by atoms with van der Waals surface area (Å²) < 4.78 is 0. The van der Waals surface area contributed by atoms with Crippen LogP contribution >= 0.6 is 11.8 Å². The highest BCUT2D eigenvalue weighted by Gasteiger charge is 2.26. The van der Waals surface area contributed by atoms with Gasteiger partial charge in [0.2, 0.25) is 5.91 Å². The van der Waals surface area contributed by atoms with E-state index in [1.165, 1.54) is 17.8 Å². The van der Waals surface area contributed by atoms with Crippen LogP contribution in [0.1, 0.15) is 19.8 Å². The molecule has 1 unspecified atom stereocenters. The number of amides is 2. The van der Waals surface area contributed by atoms with E-state index in [4.69, 9.17) is 0 Å². The molecule has 2 amide bonds. The first-order valence-electron chi connectivity index (χ1n) is 6.75. The van der Waals surface area contributed by atoms with Gasteiger partial charge in [0.15, 0.2) is 0 Å². The van der Waals surface area contributed by atoms with Crippen LogP contribution in [0.2, 0.25) is 0 Å². The Labute approximate surface area is 122 Å². The molecule has 1 atom stereocenters. The van der Waals surface area contributed by atoms with E-state index in [-0.39, 0.29) is 17.9 Å². The van der Waals surface area contributed by atoms with Gasteiger partial charge in [-0.2, -0.15) is 0 Å². The third kappa shape index (κ3) is 2.45. The lowest BCUT2D eigenvalue weighted by Gasteiger charge is -2.22. The van der Waals surface area contributed by atoms with Crippen LogP contribution in [0.25, 0.3) is 0 Å². The number of carbonyl (C=O) groups is 2. The number of hydrogen-bond donors (Lipinski definition) is 1. The summed E-state index contributed by atoms with van der Waals surface area (Å²) >= 11 is 1.36. The summed E-state index contributed by atoms with van der Waals surface area (Å²) in [6.45, 7) is 2.83. The van der Waals surface area contributed by atoms with Crippen molar-refractivity contribution in [3.05, 3.63) is 35.2 Å². The fraction of sp³-hybridized carbons (Fsp3) is 0.333. The number of nitrogens with zero attached hydrogens (tertiary/aromatic N) is 1. The Kier molecular flexibility index (Phi) is 3.53. The second-order valence-corrected chi connectivity index (χ2v) is 6.17. The molecule has 1 aromatic carbocycles. The van der Waals surface area contributed by atoms with E-state index in [1.807, 2.05) is 36.1 Å². The molecule has 2 aliphatic rings. The third-order valence-electron chi connectivity index (χ3n) is 3.67. The molecule has 4 nitrogen and oxygen atoms in total. The maximum atomic E-state index is 12.2. The van der Waals surface area contributed by atoms with Crippen LogP contribution in [0, 0.1) is 0 Å². The van der Waals surface area contributed by atoms with Crippen LogP contribution in [0.5, 0.6) is 0 Å². The molecule has 5 heteroatoms. The van der Waals surface area contributed by atoms with Crippen LogP contribution in [0.15, 0.2) is 40.1 Å². The van der Waals surface area contributed by atoms with E-state index in [2.05, 4.69) is 5.32 Å². The highest BCUT2D eigenvalue weighted by molar-refractivity contribution is 8.04. The maximum absolute atomic E-state index is 12.2. The normalized spacial score (nSPS) is 23.6. The summed E-state index contributed by atoms with van der Waals surface area (Å²) in [5.41, 5.74) is 0.807. The molecule has 2 aliphatic heterocycles. The number of anilines is 1. The van der Waals surface area contributed by atoms with Gasteiger partial charge in [-0.15, -0.1) is 0 Å². The van der Waals surface area contributed by atoms with Gasteiger partial charge in [0.1, 0.15) is 0 Å². The standard InChI is InChI=1S/C15H16N2O2S/c1-10-5-4-8-17(10)14(18)9-13-15(19)16-11-6-2-3-7-12(11)20-13/h2-3,6-7,9-10H,4-5,8H2,1H3,(H,16,19). The van der Waals surface area contributed by atoms with E-state index in [1.54, 1.807) is 0 Å². The molecule has 1 N–H and O–H groups in total. The van der Waals surface area contributed by atoms with Gasteiger partial charge in [-0.05, 0) is 31.9 Å². The molecule has 0 aliphatic carbocycles. The van der Waals surface area contributed by atoms with E-state index >= 15 is 0 Å². The predicted octanol–water partition coefficient (Wildman–Crippen LogP) is 2.63. The topological polar surface area (TPSA) is 49.4 Å². The zero-order valence-electron chi connectivity index (χ0n) is 11.3. The Morgan fingerprint density at radius 3 is 3.00 bits per heavy atom. The van der Waals surface area contributed by atoms with Gasteiger partial charge in [-0.1, -0.05) is 23.9 Å². The van der Waals surface area contributed by atoms with Gasteiger partial charge < -0.3 is 10.2 Å². The SMILES string of the molecule is CC1CCCN1C(=O)C=C1Sc2ccccc2NC1=O. The summed E-state index contributed by atoms with van der Waals surface area (Å²) in [6, 6.07) is 7.87. The summed E-state index contributed by atoms with van der Waals surface area (Å²) in [4.78, 5) is 27.5. The number of fused-ring (bicyclic) bond motifs is 1. The summed E-state index contributed by atoms with van der Waals surface area (Å²) in [6.07, 6.45) is 3.55. The largest absolute Gasteiger partial charge is 0.336 e. The highest BCUT2D eigenvalue weighted by atomic mass is 32.2. The zero-order chi connectivity index (χ0) is 14.1. The van der Waals surface area contributed by atoms with Crippen molar-refractivity contribution in [1.29, 1.82) is 0 Å². The number of para-hydroxylation sites is 1. The number of rotatable bonds is 1. The molecule has 0 spiro atoms. The average Bonchev–Trinajstić information content (AvgIpc) is 2.86. The minimum Gasteiger partial charge on any atom is -0.336 e. The minimum absolute atomic E-state index is 0.0629. The van der Waals surface area contributed by atoms with Crippen molar-refractivity contribution in [2.45, 2.75) is 30.7 Å². The molecule has 0 saturated carbocycles. The van der Waals surface area contributed by atoms with Gasteiger partial charge in [-0.25, -0.2) is 0 Å². The van der Waals surface area contributed by atoms with E-state index in [0.717, 1.165) is 30.0 Å². The molecule has 0 bridgehead atoms. The summed E-state index contributed by atoms with van der Waals surface area (Å²) in [7, 11) is 0. The number of benzene rings is 1. The smallest absolute Gasteiger partial charge is 0.262 e. The number of likely N-dealkylation sites (tertiary alicyclic amines) is 1. The lowest BCUT2D eigenvalue weighted by molar-refractivity contribution is -0.126. The van der Waals surface area contributed by atoms with E-state index < -0.39 is 0 Å². The Bertz CT molecular complexity index is 597. The van der Waals surface area contributed by atoms with Gasteiger partial charge in [0, 0.05) is 23.6 Å². The van der Waals surface area contributed by atoms with Crippen molar-refractivity contribution in [3.63, 3.8) is 0 Å². The molecular weight excluding hydrogens is 272 g/mol. The van der Waals surface area contributed by atoms with E-state index in [9.17, 15) is 9.59 Å². The number of carbonyl (C=O) groups excluding carboxylic acids is 2.